The van der Waals surface area contributed by atoms with Crippen LogP contribution in [0.25, 0.3) is 0 Å². The topological polar surface area (TPSA) is 45.2 Å². The highest BCUT2D eigenvalue weighted by Crippen LogP contribution is 2.26. The zero-order chi connectivity index (χ0) is 16.0. The lowest BCUT2D eigenvalue weighted by Gasteiger charge is -2.28. The molecule has 0 unspecified atom stereocenters. The molecule has 0 radical (unpaired) electrons. The van der Waals surface area contributed by atoms with E-state index in [1.165, 1.54) is 12.3 Å². The van der Waals surface area contributed by atoms with Crippen molar-refractivity contribution in [2.75, 3.05) is 27.2 Å². The van der Waals surface area contributed by atoms with Gasteiger partial charge in [-0.15, -0.1) is 0 Å². The number of alkyl halides is 2. The number of halogens is 2. The van der Waals surface area contributed by atoms with E-state index in [1.807, 2.05) is 32.8 Å². The fourth-order valence-electron chi connectivity index (χ4n) is 2.07. The second kappa shape index (κ2) is 7.70. The van der Waals surface area contributed by atoms with Crippen molar-refractivity contribution < 1.29 is 13.6 Å². The lowest BCUT2D eigenvalue weighted by atomic mass is 9.93. The number of nitrogens with one attached hydrogen (secondary N) is 1. The average Bonchev–Trinajstić information content (AvgIpc) is 2.34. The Labute approximate surface area is 128 Å². The first-order chi connectivity index (χ1) is 9.71. The van der Waals surface area contributed by atoms with Crippen LogP contribution in [0.4, 0.5) is 8.78 Å². The van der Waals surface area contributed by atoms with Crippen molar-refractivity contribution in [1.29, 1.82) is 0 Å². The average molecular weight is 317 g/mol. The van der Waals surface area contributed by atoms with E-state index in [0.717, 1.165) is 6.54 Å². The lowest BCUT2D eigenvalue weighted by Crippen LogP contribution is -2.40. The molecule has 0 aliphatic heterocycles. The number of carbonyl (C=O) groups excluding carboxylic acids is 1. The van der Waals surface area contributed by atoms with Gasteiger partial charge in [-0.05, 0) is 43.4 Å². The first-order valence-corrected chi connectivity index (χ1v) is 7.42. The molecule has 1 aromatic heterocycles. The molecule has 21 heavy (non-hydrogen) atoms. The van der Waals surface area contributed by atoms with Gasteiger partial charge in [-0.2, -0.15) is 8.78 Å². The van der Waals surface area contributed by atoms with Gasteiger partial charge in [-0.25, -0.2) is 4.98 Å². The highest BCUT2D eigenvalue weighted by Gasteiger charge is 2.22. The van der Waals surface area contributed by atoms with Gasteiger partial charge in [0, 0.05) is 19.3 Å². The minimum atomic E-state index is -2.60. The summed E-state index contributed by atoms with van der Waals surface area (Å²) in [6, 6.07) is 3.07. The maximum Gasteiger partial charge on any atom is 0.290 e. The first-order valence-electron chi connectivity index (χ1n) is 6.54. The standard InChI is InChI=1S/C14H21F2N3OS/c1-14(2,9-19(3)4)8-18-11(20)10-6-5-7-17-12(10)21-13(15)16/h5-7,13H,8-9H2,1-4H3,(H,18,20). The van der Waals surface area contributed by atoms with Crippen LogP contribution in [-0.4, -0.2) is 48.7 Å². The molecule has 0 spiro atoms. The Morgan fingerprint density at radius 2 is 2.14 bits per heavy atom. The third kappa shape index (κ3) is 6.39. The molecule has 1 N–H and O–H groups in total. The summed E-state index contributed by atoms with van der Waals surface area (Å²) in [6.07, 6.45) is 1.40. The molecule has 1 aromatic rings. The largest absolute Gasteiger partial charge is 0.351 e. The smallest absolute Gasteiger partial charge is 0.290 e. The van der Waals surface area contributed by atoms with E-state index in [1.54, 1.807) is 6.07 Å². The first kappa shape index (κ1) is 17.8. The van der Waals surface area contributed by atoms with Crippen molar-refractivity contribution in [3.05, 3.63) is 23.9 Å². The fourth-order valence-corrected chi connectivity index (χ4v) is 2.65. The van der Waals surface area contributed by atoms with E-state index >= 15 is 0 Å². The Kier molecular flexibility index (Phi) is 6.54. The normalized spacial score (nSPS) is 12.0. The van der Waals surface area contributed by atoms with E-state index in [0.29, 0.717) is 6.54 Å². The van der Waals surface area contributed by atoms with Crippen LogP contribution in [0.2, 0.25) is 0 Å². The van der Waals surface area contributed by atoms with Gasteiger partial charge in [-0.3, -0.25) is 4.79 Å². The number of amides is 1. The van der Waals surface area contributed by atoms with Gasteiger partial charge in [0.15, 0.2) is 0 Å². The minimum absolute atomic E-state index is 0.0513. The molecule has 7 heteroatoms. The second-order valence-electron chi connectivity index (χ2n) is 5.82. The fraction of sp³-hybridized carbons (Fsp3) is 0.571. The van der Waals surface area contributed by atoms with Gasteiger partial charge < -0.3 is 10.2 Å². The third-order valence-corrected chi connectivity index (χ3v) is 3.42. The summed E-state index contributed by atoms with van der Waals surface area (Å²) < 4.78 is 24.9. The molecule has 1 amide bonds. The third-order valence-electron chi connectivity index (χ3n) is 2.69. The summed E-state index contributed by atoms with van der Waals surface area (Å²) in [5, 5.41) is 2.85. The molecule has 4 nitrogen and oxygen atoms in total. The molecule has 0 bridgehead atoms. The number of pyridine rings is 1. The summed E-state index contributed by atoms with van der Waals surface area (Å²) in [4.78, 5) is 18.0. The summed E-state index contributed by atoms with van der Waals surface area (Å²) in [6.45, 7) is 5.33. The van der Waals surface area contributed by atoms with Gasteiger partial charge in [-0.1, -0.05) is 13.8 Å². The van der Waals surface area contributed by atoms with E-state index in [-0.39, 0.29) is 33.7 Å². The highest BCUT2D eigenvalue weighted by molar-refractivity contribution is 7.99. The summed E-state index contributed by atoms with van der Waals surface area (Å²) >= 11 is 0.284. The quantitative estimate of drug-likeness (QED) is 0.786. The molecule has 1 heterocycles. The molecule has 0 fully saturated rings. The van der Waals surface area contributed by atoms with Gasteiger partial charge in [0.1, 0.15) is 5.03 Å². The van der Waals surface area contributed by atoms with Crippen LogP contribution >= 0.6 is 11.8 Å². The van der Waals surface area contributed by atoms with E-state index in [4.69, 9.17) is 0 Å². The number of hydrogen-bond acceptors (Lipinski definition) is 4. The maximum atomic E-state index is 12.5. The summed E-state index contributed by atoms with van der Waals surface area (Å²) in [5.41, 5.74) is 0.0701. The van der Waals surface area contributed by atoms with Gasteiger partial charge >= 0.3 is 0 Å². The van der Waals surface area contributed by atoms with Crippen LogP contribution in [0.3, 0.4) is 0 Å². The Balaban J connectivity index is 2.72. The monoisotopic (exact) mass is 317 g/mol. The zero-order valence-corrected chi connectivity index (χ0v) is 13.5. The van der Waals surface area contributed by atoms with Crippen LogP contribution in [0.1, 0.15) is 24.2 Å². The van der Waals surface area contributed by atoms with Crippen LogP contribution in [-0.2, 0) is 0 Å². The van der Waals surface area contributed by atoms with E-state index in [9.17, 15) is 13.6 Å². The number of rotatable bonds is 7. The predicted octanol–water partition coefficient (Wildman–Crippen LogP) is 2.71. The van der Waals surface area contributed by atoms with Crippen LogP contribution < -0.4 is 5.32 Å². The molecular formula is C14H21F2N3OS. The molecule has 0 aliphatic rings. The van der Waals surface area contributed by atoms with Crippen LogP contribution in [0.15, 0.2) is 23.4 Å². The molecule has 0 saturated carbocycles. The Morgan fingerprint density at radius 3 is 2.71 bits per heavy atom. The maximum absolute atomic E-state index is 12.5. The van der Waals surface area contributed by atoms with Crippen molar-refractivity contribution in [2.24, 2.45) is 5.41 Å². The van der Waals surface area contributed by atoms with Crippen LogP contribution in [0, 0.1) is 5.41 Å². The van der Waals surface area contributed by atoms with Crippen molar-refractivity contribution in [3.63, 3.8) is 0 Å². The molecule has 0 saturated heterocycles. The lowest BCUT2D eigenvalue weighted by molar-refractivity contribution is 0.0925. The molecular weight excluding hydrogens is 296 g/mol. The SMILES string of the molecule is CN(C)CC(C)(C)CNC(=O)c1cccnc1SC(F)F. The zero-order valence-electron chi connectivity index (χ0n) is 12.7. The van der Waals surface area contributed by atoms with Crippen molar-refractivity contribution in [1.82, 2.24) is 15.2 Å². The van der Waals surface area contributed by atoms with Gasteiger partial charge in [0.25, 0.3) is 11.7 Å². The number of nitrogens with zero attached hydrogens (tertiary/aromatic N) is 2. The van der Waals surface area contributed by atoms with Gasteiger partial charge in [0.2, 0.25) is 0 Å². The Bertz CT molecular complexity index is 481. The highest BCUT2D eigenvalue weighted by atomic mass is 32.2. The van der Waals surface area contributed by atoms with Crippen molar-refractivity contribution in [3.8, 4) is 0 Å². The molecule has 118 valence electrons. The number of hydrogen-bond donors (Lipinski definition) is 1. The second-order valence-corrected chi connectivity index (χ2v) is 6.80. The molecule has 1 rings (SSSR count). The van der Waals surface area contributed by atoms with E-state index in [2.05, 4.69) is 10.3 Å². The summed E-state index contributed by atoms with van der Waals surface area (Å²) in [5.74, 6) is -2.98. The molecule has 0 aromatic carbocycles. The molecule has 0 aliphatic carbocycles. The van der Waals surface area contributed by atoms with Gasteiger partial charge in [0.05, 0.1) is 5.56 Å². The summed E-state index contributed by atoms with van der Waals surface area (Å²) in [7, 11) is 3.92. The molecule has 0 atom stereocenters. The number of carbonyl (C=O) groups is 1. The van der Waals surface area contributed by atoms with Crippen molar-refractivity contribution >= 4 is 17.7 Å². The Morgan fingerprint density at radius 1 is 1.48 bits per heavy atom. The van der Waals surface area contributed by atoms with Crippen LogP contribution in [0.5, 0.6) is 0 Å². The number of thioether (sulfide) groups is 1. The Hall–Kier alpha value is -1.21. The number of aromatic nitrogens is 1. The van der Waals surface area contributed by atoms with Crippen molar-refractivity contribution in [2.45, 2.75) is 24.6 Å². The predicted molar refractivity (Wildman–Crippen MR) is 80.8 cm³/mol. The minimum Gasteiger partial charge on any atom is -0.351 e. The van der Waals surface area contributed by atoms with E-state index < -0.39 is 5.76 Å².